The zero-order valence-electron chi connectivity index (χ0n) is 12.8. The van der Waals surface area contributed by atoms with Crippen molar-refractivity contribution in [3.05, 3.63) is 59.4 Å². The molecule has 0 fully saturated rings. The number of methoxy groups -OCH3 is 1. The number of aromatic carboxylic acids is 1. The van der Waals surface area contributed by atoms with Gasteiger partial charge in [0.2, 0.25) is 10.0 Å². The van der Waals surface area contributed by atoms with Crippen LogP contribution in [0.5, 0.6) is 5.75 Å². The number of rotatable bonds is 7. The van der Waals surface area contributed by atoms with Gasteiger partial charge in [0.05, 0.1) is 12.7 Å². The van der Waals surface area contributed by atoms with Crippen LogP contribution in [0, 0.1) is 5.82 Å². The minimum Gasteiger partial charge on any atom is -0.495 e. The molecule has 0 saturated heterocycles. The Balaban J connectivity index is 2.15. The SMILES string of the molecule is COc1ccc(C(=O)O)cc1S(=O)(=O)NCCc1ccc(F)cc1. The van der Waals surface area contributed by atoms with Crippen molar-refractivity contribution in [1.82, 2.24) is 4.72 Å². The van der Waals surface area contributed by atoms with Crippen LogP contribution in [-0.4, -0.2) is 33.1 Å². The topological polar surface area (TPSA) is 92.7 Å². The summed E-state index contributed by atoms with van der Waals surface area (Å²) in [6.45, 7) is 0.0778. The van der Waals surface area contributed by atoms with Gasteiger partial charge in [0.1, 0.15) is 16.5 Å². The third kappa shape index (κ3) is 4.30. The molecule has 24 heavy (non-hydrogen) atoms. The standard InChI is InChI=1S/C16H16FNO5S/c1-23-14-7-4-12(16(19)20)10-15(14)24(21,22)18-9-8-11-2-5-13(17)6-3-11/h2-7,10,18H,8-9H2,1H3,(H,19,20). The van der Waals surface area contributed by atoms with Crippen molar-refractivity contribution >= 4 is 16.0 Å². The Morgan fingerprint density at radius 3 is 2.46 bits per heavy atom. The second-order valence-corrected chi connectivity index (χ2v) is 6.68. The van der Waals surface area contributed by atoms with Crippen LogP contribution in [0.4, 0.5) is 4.39 Å². The van der Waals surface area contributed by atoms with Crippen molar-refractivity contribution in [2.24, 2.45) is 0 Å². The van der Waals surface area contributed by atoms with E-state index in [9.17, 15) is 17.6 Å². The van der Waals surface area contributed by atoms with Gasteiger partial charge in [-0.3, -0.25) is 0 Å². The number of halogens is 1. The maximum absolute atomic E-state index is 12.8. The van der Waals surface area contributed by atoms with Crippen molar-refractivity contribution in [3.63, 3.8) is 0 Å². The Morgan fingerprint density at radius 2 is 1.88 bits per heavy atom. The van der Waals surface area contributed by atoms with Gasteiger partial charge in [0, 0.05) is 6.54 Å². The minimum absolute atomic E-state index is 0.0503. The summed E-state index contributed by atoms with van der Waals surface area (Å²) in [4.78, 5) is 10.8. The van der Waals surface area contributed by atoms with E-state index in [0.717, 1.165) is 11.6 Å². The smallest absolute Gasteiger partial charge is 0.335 e. The molecule has 0 heterocycles. The summed E-state index contributed by atoms with van der Waals surface area (Å²) >= 11 is 0. The molecular formula is C16H16FNO5S. The summed E-state index contributed by atoms with van der Waals surface area (Å²) in [6.07, 6.45) is 0.362. The zero-order valence-corrected chi connectivity index (χ0v) is 13.6. The molecule has 2 aromatic carbocycles. The summed E-state index contributed by atoms with van der Waals surface area (Å²) < 4.78 is 45.0. The predicted molar refractivity (Wildman–Crippen MR) is 85.2 cm³/mol. The lowest BCUT2D eigenvalue weighted by Crippen LogP contribution is -2.26. The van der Waals surface area contributed by atoms with Crippen molar-refractivity contribution in [2.45, 2.75) is 11.3 Å². The second kappa shape index (κ2) is 7.41. The Labute approximate surface area is 138 Å². The van der Waals surface area contributed by atoms with Gasteiger partial charge < -0.3 is 9.84 Å². The van der Waals surface area contributed by atoms with Crippen molar-refractivity contribution in [2.75, 3.05) is 13.7 Å². The third-order valence-electron chi connectivity index (χ3n) is 3.32. The summed E-state index contributed by atoms with van der Waals surface area (Å²) in [5, 5.41) is 9.00. The summed E-state index contributed by atoms with van der Waals surface area (Å²) in [7, 11) is -2.65. The van der Waals surface area contributed by atoms with Crippen LogP contribution in [0.1, 0.15) is 15.9 Å². The number of sulfonamides is 1. The van der Waals surface area contributed by atoms with Crippen LogP contribution >= 0.6 is 0 Å². The van der Waals surface area contributed by atoms with Crippen LogP contribution in [0.15, 0.2) is 47.4 Å². The summed E-state index contributed by atoms with van der Waals surface area (Å²) in [6, 6.07) is 9.31. The number of carboxylic acid groups (broad SMARTS) is 1. The molecule has 2 aromatic rings. The maximum atomic E-state index is 12.8. The van der Waals surface area contributed by atoms with Gasteiger partial charge in [-0.1, -0.05) is 12.1 Å². The molecule has 0 saturated carbocycles. The number of hydrogen-bond acceptors (Lipinski definition) is 4. The largest absolute Gasteiger partial charge is 0.495 e. The van der Waals surface area contributed by atoms with Gasteiger partial charge in [-0.05, 0) is 42.3 Å². The summed E-state index contributed by atoms with van der Waals surface area (Å²) in [5.74, 6) is -1.55. The number of nitrogens with one attached hydrogen (secondary N) is 1. The van der Waals surface area contributed by atoms with Gasteiger partial charge in [-0.15, -0.1) is 0 Å². The lowest BCUT2D eigenvalue weighted by molar-refractivity contribution is 0.0696. The molecule has 0 aliphatic carbocycles. The highest BCUT2D eigenvalue weighted by Gasteiger charge is 2.21. The monoisotopic (exact) mass is 353 g/mol. The van der Waals surface area contributed by atoms with E-state index in [1.54, 1.807) is 12.1 Å². The molecule has 0 aliphatic rings. The molecular weight excluding hydrogens is 337 g/mol. The highest BCUT2D eigenvalue weighted by Crippen LogP contribution is 2.24. The quantitative estimate of drug-likeness (QED) is 0.795. The molecule has 6 nitrogen and oxygen atoms in total. The molecule has 2 rings (SSSR count). The molecule has 2 N–H and O–H groups in total. The van der Waals surface area contributed by atoms with E-state index in [1.165, 1.54) is 31.4 Å². The number of ether oxygens (including phenoxy) is 1. The van der Waals surface area contributed by atoms with Gasteiger partial charge in [0.25, 0.3) is 0 Å². The van der Waals surface area contributed by atoms with E-state index in [1.807, 2.05) is 0 Å². The maximum Gasteiger partial charge on any atom is 0.335 e. The normalized spacial score (nSPS) is 11.2. The van der Waals surface area contributed by atoms with Crippen molar-refractivity contribution < 1.29 is 27.4 Å². The van der Waals surface area contributed by atoms with Crippen LogP contribution in [0.2, 0.25) is 0 Å². The van der Waals surface area contributed by atoms with E-state index in [0.29, 0.717) is 6.42 Å². The van der Waals surface area contributed by atoms with Gasteiger partial charge in [-0.2, -0.15) is 0 Å². The fraction of sp³-hybridized carbons (Fsp3) is 0.188. The lowest BCUT2D eigenvalue weighted by atomic mass is 10.1. The van der Waals surface area contributed by atoms with E-state index < -0.39 is 16.0 Å². The molecule has 0 spiro atoms. The first-order chi connectivity index (χ1) is 11.3. The van der Waals surface area contributed by atoms with E-state index >= 15 is 0 Å². The Bertz CT molecular complexity index is 834. The van der Waals surface area contributed by atoms with Crippen LogP contribution in [0.25, 0.3) is 0 Å². The van der Waals surface area contributed by atoms with E-state index in [2.05, 4.69) is 4.72 Å². The van der Waals surface area contributed by atoms with E-state index in [-0.39, 0.29) is 28.6 Å². The first kappa shape index (κ1) is 17.9. The van der Waals surface area contributed by atoms with Crippen LogP contribution < -0.4 is 9.46 Å². The van der Waals surface area contributed by atoms with Gasteiger partial charge in [-0.25, -0.2) is 22.3 Å². The second-order valence-electron chi connectivity index (χ2n) is 4.95. The average Bonchev–Trinajstić information content (AvgIpc) is 2.56. The highest BCUT2D eigenvalue weighted by atomic mass is 32.2. The van der Waals surface area contributed by atoms with Crippen LogP contribution in [-0.2, 0) is 16.4 Å². The number of benzene rings is 2. The molecule has 0 aliphatic heterocycles. The zero-order chi connectivity index (χ0) is 17.7. The molecule has 8 heteroatoms. The fourth-order valence-electron chi connectivity index (χ4n) is 2.08. The van der Waals surface area contributed by atoms with Gasteiger partial charge >= 0.3 is 5.97 Å². The summed E-state index contributed by atoms with van der Waals surface area (Å²) in [5.41, 5.74) is 0.611. The molecule has 128 valence electrons. The lowest BCUT2D eigenvalue weighted by Gasteiger charge is -2.11. The molecule has 0 radical (unpaired) electrons. The Morgan fingerprint density at radius 1 is 1.21 bits per heavy atom. The molecule has 0 bridgehead atoms. The average molecular weight is 353 g/mol. The highest BCUT2D eigenvalue weighted by molar-refractivity contribution is 7.89. The number of hydrogen-bond donors (Lipinski definition) is 2. The van der Waals surface area contributed by atoms with E-state index in [4.69, 9.17) is 9.84 Å². The Kier molecular flexibility index (Phi) is 5.53. The first-order valence-corrected chi connectivity index (χ1v) is 8.47. The Hall–Kier alpha value is -2.45. The predicted octanol–water partition coefficient (Wildman–Crippen LogP) is 2.05. The van der Waals surface area contributed by atoms with Crippen molar-refractivity contribution in [1.29, 1.82) is 0 Å². The molecule has 0 atom stereocenters. The number of carboxylic acids is 1. The fourth-order valence-corrected chi connectivity index (χ4v) is 3.30. The molecule has 0 unspecified atom stereocenters. The third-order valence-corrected chi connectivity index (χ3v) is 4.80. The van der Waals surface area contributed by atoms with Gasteiger partial charge in [0.15, 0.2) is 0 Å². The molecule has 0 aromatic heterocycles. The van der Waals surface area contributed by atoms with Crippen molar-refractivity contribution in [3.8, 4) is 5.75 Å². The minimum atomic E-state index is -3.95. The number of carbonyl (C=O) groups is 1. The first-order valence-electron chi connectivity index (χ1n) is 6.99. The molecule has 0 amide bonds. The van der Waals surface area contributed by atoms with Crippen LogP contribution in [0.3, 0.4) is 0 Å².